The Morgan fingerprint density at radius 2 is 1.89 bits per heavy atom. The summed E-state index contributed by atoms with van der Waals surface area (Å²) < 4.78 is 11.5. The lowest BCUT2D eigenvalue weighted by Gasteiger charge is -2.25. The van der Waals surface area contributed by atoms with E-state index in [-0.39, 0.29) is 6.10 Å². The third-order valence-electron chi connectivity index (χ3n) is 4.77. The first kappa shape index (κ1) is 19.8. The maximum absolute atomic E-state index is 11.5. The van der Waals surface area contributed by atoms with Crippen LogP contribution in [0.4, 0.5) is 0 Å². The molecule has 146 valence electrons. The third-order valence-corrected chi connectivity index (χ3v) is 4.77. The summed E-state index contributed by atoms with van der Waals surface area (Å²) in [5.41, 5.74) is 1.60. The van der Waals surface area contributed by atoms with E-state index in [1.54, 1.807) is 13.8 Å². The SMILES string of the molecule is CCOC(C)(Cc1ccc(OC(C)c2cnc3ccccc3c2)cc1)C(=O)O. The van der Waals surface area contributed by atoms with Gasteiger partial charge in [-0.2, -0.15) is 0 Å². The van der Waals surface area contributed by atoms with Crippen molar-refractivity contribution >= 4 is 16.9 Å². The fourth-order valence-corrected chi connectivity index (χ4v) is 3.16. The number of pyridine rings is 1. The van der Waals surface area contributed by atoms with Gasteiger partial charge in [-0.25, -0.2) is 4.79 Å². The van der Waals surface area contributed by atoms with Gasteiger partial charge in [-0.3, -0.25) is 4.98 Å². The van der Waals surface area contributed by atoms with E-state index in [0.717, 1.165) is 27.8 Å². The molecule has 0 aliphatic rings. The maximum Gasteiger partial charge on any atom is 0.336 e. The van der Waals surface area contributed by atoms with Gasteiger partial charge in [0.05, 0.1) is 5.52 Å². The second kappa shape index (κ2) is 8.40. The Morgan fingerprint density at radius 1 is 1.18 bits per heavy atom. The van der Waals surface area contributed by atoms with E-state index >= 15 is 0 Å². The molecule has 0 aliphatic carbocycles. The lowest BCUT2D eigenvalue weighted by molar-refractivity contribution is -0.162. The lowest BCUT2D eigenvalue weighted by atomic mass is 9.96. The zero-order valence-corrected chi connectivity index (χ0v) is 16.4. The molecule has 2 unspecified atom stereocenters. The molecule has 0 spiro atoms. The number of hydrogen-bond acceptors (Lipinski definition) is 4. The van der Waals surface area contributed by atoms with Crippen LogP contribution in [0, 0.1) is 0 Å². The fourth-order valence-electron chi connectivity index (χ4n) is 3.16. The van der Waals surface area contributed by atoms with E-state index in [1.165, 1.54) is 0 Å². The number of para-hydroxylation sites is 1. The minimum Gasteiger partial charge on any atom is -0.486 e. The summed E-state index contributed by atoms with van der Waals surface area (Å²) in [6.07, 6.45) is 1.97. The summed E-state index contributed by atoms with van der Waals surface area (Å²) >= 11 is 0. The topological polar surface area (TPSA) is 68.7 Å². The first-order chi connectivity index (χ1) is 13.4. The number of benzene rings is 2. The average Bonchev–Trinajstić information content (AvgIpc) is 2.69. The molecule has 3 aromatic rings. The van der Waals surface area contributed by atoms with E-state index in [4.69, 9.17) is 9.47 Å². The van der Waals surface area contributed by atoms with Crippen molar-refractivity contribution in [2.45, 2.75) is 38.9 Å². The van der Waals surface area contributed by atoms with Crippen molar-refractivity contribution in [3.05, 3.63) is 71.9 Å². The highest BCUT2D eigenvalue weighted by molar-refractivity contribution is 5.79. The van der Waals surface area contributed by atoms with Crippen molar-refractivity contribution in [2.24, 2.45) is 0 Å². The lowest BCUT2D eigenvalue weighted by Crippen LogP contribution is -2.40. The number of rotatable bonds is 8. The van der Waals surface area contributed by atoms with Crippen LogP contribution in [0.25, 0.3) is 10.9 Å². The van der Waals surface area contributed by atoms with Crippen molar-refractivity contribution in [2.75, 3.05) is 6.61 Å². The van der Waals surface area contributed by atoms with E-state index < -0.39 is 11.6 Å². The van der Waals surface area contributed by atoms with E-state index in [1.807, 2.05) is 61.7 Å². The Labute approximate surface area is 164 Å². The molecule has 5 heteroatoms. The van der Waals surface area contributed by atoms with Gasteiger partial charge in [0.1, 0.15) is 11.9 Å². The number of aliphatic carboxylic acids is 1. The standard InChI is InChI=1S/C23H25NO4/c1-4-27-23(3,22(25)26)14-17-9-11-20(12-10-17)28-16(2)19-13-18-7-5-6-8-21(18)24-15-19/h5-13,15-16H,4,14H2,1-3H3,(H,25,26). The predicted octanol–water partition coefficient (Wildman–Crippen LogP) is 4.80. The predicted molar refractivity (Wildman–Crippen MR) is 109 cm³/mol. The van der Waals surface area contributed by atoms with Crippen molar-refractivity contribution in [3.63, 3.8) is 0 Å². The zero-order valence-electron chi connectivity index (χ0n) is 16.4. The van der Waals surface area contributed by atoms with Crippen LogP contribution >= 0.6 is 0 Å². The van der Waals surface area contributed by atoms with Crippen LogP contribution in [0.2, 0.25) is 0 Å². The van der Waals surface area contributed by atoms with Crippen LogP contribution < -0.4 is 4.74 Å². The summed E-state index contributed by atoms with van der Waals surface area (Å²) in [5.74, 6) is -0.245. The van der Waals surface area contributed by atoms with Crippen LogP contribution in [-0.2, 0) is 16.0 Å². The van der Waals surface area contributed by atoms with Crippen molar-refractivity contribution < 1.29 is 19.4 Å². The summed E-state index contributed by atoms with van der Waals surface area (Å²) in [4.78, 5) is 16.0. The molecule has 5 nitrogen and oxygen atoms in total. The number of fused-ring (bicyclic) bond motifs is 1. The summed E-state index contributed by atoms with van der Waals surface area (Å²) in [6.45, 7) is 5.72. The van der Waals surface area contributed by atoms with Crippen LogP contribution in [0.5, 0.6) is 5.75 Å². The van der Waals surface area contributed by atoms with Gasteiger partial charge in [0.2, 0.25) is 0 Å². The van der Waals surface area contributed by atoms with Crippen LogP contribution in [-0.4, -0.2) is 28.3 Å². The highest BCUT2D eigenvalue weighted by atomic mass is 16.5. The van der Waals surface area contributed by atoms with Crippen LogP contribution in [0.15, 0.2) is 60.8 Å². The van der Waals surface area contributed by atoms with Gasteiger partial charge >= 0.3 is 5.97 Å². The minimum absolute atomic E-state index is 0.157. The zero-order chi connectivity index (χ0) is 20.1. The Morgan fingerprint density at radius 3 is 2.57 bits per heavy atom. The van der Waals surface area contributed by atoms with Crippen molar-refractivity contribution in [3.8, 4) is 5.75 Å². The summed E-state index contributed by atoms with van der Waals surface area (Å²) in [5, 5.41) is 10.5. The van der Waals surface area contributed by atoms with E-state index in [0.29, 0.717) is 13.0 Å². The molecule has 2 atom stereocenters. The quantitative estimate of drug-likeness (QED) is 0.609. The summed E-state index contributed by atoms with van der Waals surface area (Å²) in [7, 11) is 0. The molecular formula is C23H25NO4. The molecule has 28 heavy (non-hydrogen) atoms. The fraction of sp³-hybridized carbons (Fsp3) is 0.304. The van der Waals surface area contributed by atoms with Gasteiger partial charge in [-0.1, -0.05) is 30.3 Å². The number of ether oxygens (including phenoxy) is 2. The summed E-state index contributed by atoms with van der Waals surface area (Å²) in [6, 6.07) is 17.5. The third kappa shape index (κ3) is 4.49. The van der Waals surface area contributed by atoms with E-state index in [2.05, 4.69) is 11.1 Å². The Bertz CT molecular complexity index is 954. The molecule has 0 radical (unpaired) electrons. The van der Waals surface area contributed by atoms with Gasteiger partial charge in [-0.05, 0) is 50.6 Å². The number of aromatic nitrogens is 1. The van der Waals surface area contributed by atoms with Gasteiger partial charge in [0.15, 0.2) is 5.60 Å². The molecule has 1 N–H and O–H groups in total. The Hall–Kier alpha value is -2.92. The van der Waals surface area contributed by atoms with Crippen LogP contribution in [0.1, 0.15) is 38.0 Å². The van der Waals surface area contributed by atoms with Gasteiger partial charge in [0, 0.05) is 30.2 Å². The molecule has 0 saturated heterocycles. The number of nitrogens with zero attached hydrogens (tertiary/aromatic N) is 1. The number of carboxylic acid groups (broad SMARTS) is 1. The number of carbonyl (C=O) groups is 1. The average molecular weight is 379 g/mol. The van der Waals surface area contributed by atoms with Crippen molar-refractivity contribution in [1.82, 2.24) is 4.98 Å². The molecule has 2 aromatic carbocycles. The van der Waals surface area contributed by atoms with Gasteiger partial charge in [-0.15, -0.1) is 0 Å². The molecule has 0 saturated carbocycles. The van der Waals surface area contributed by atoms with E-state index in [9.17, 15) is 9.90 Å². The normalized spacial score (nSPS) is 14.4. The highest BCUT2D eigenvalue weighted by Gasteiger charge is 2.33. The second-order valence-electron chi connectivity index (χ2n) is 7.01. The first-order valence-electron chi connectivity index (χ1n) is 9.39. The molecule has 0 bridgehead atoms. The molecular weight excluding hydrogens is 354 g/mol. The molecule has 1 heterocycles. The Balaban J connectivity index is 1.70. The molecule has 1 aromatic heterocycles. The molecule has 0 amide bonds. The van der Waals surface area contributed by atoms with Gasteiger partial charge < -0.3 is 14.6 Å². The monoisotopic (exact) mass is 379 g/mol. The minimum atomic E-state index is -1.23. The number of hydrogen-bond donors (Lipinski definition) is 1. The first-order valence-corrected chi connectivity index (χ1v) is 9.39. The molecule has 3 rings (SSSR count). The second-order valence-corrected chi connectivity index (χ2v) is 7.01. The highest BCUT2D eigenvalue weighted by Crippen LogP contribution is 2.25. The number of carboxylic acids is 1. The molecule has 0 aliphatic heterocycles. The smallest absolute Gasteiger partial charge is 0.336 e. The largest absolute Gasteiger partial charge is 0.486 e. The van der Waals surface area contributed by atoms with Crippen molar-refractivity contribution in [1.29, 1.82) is 0 Å². The maximum atomic E-state index is 11.5. The Kier molecular flexibility index (Phi) is 5.95. The van der Waals surface area contributed by atoms with Crippen LogP contribution in [0.3, 0.4) is 0 Å². The molecule has 0 fully saturated rings. The van der Waals surface area contributed by atoms with Gasteiger partial charge in [0.25, 0.3) is 0 Å².